The zero-order chi connectivity index (χ0) is 21.3. The Morgan fingerprint density at radius 2 is 1.80 bits per heavy atom. The van der Waals surface area contributed by atoms with Crippen molar-refractivity contribution in [2.24, 2.45) is 0 Å². The Bertz CT molecular complexity index is 999. The number of methoxy groups -OCH3 is 2. The van der Waals surface area contributed by atoms with Crippen molar-refractivity contribution in [1.82, 2.24) is 24.8 Å². The van der Waals surface area contributed by atoms with Gasteiger partial charge in [0, 0.05) is 27.4 Å². The minimum absolute atomic E-state index is 0.111. The maximum Gasteiger partial charge on any atom is 0.328 e. The Morgan fingerprint density at radius 3 is 2.53 bits per heavy atom. The van der Waals surface area contributed by atoms with Crippen LogP contribution < -0.4 is 21.5 Å². The predicted octanol–water partition coefficient (Wildman–Crippen LogP) is 0.901. The fraction of sp³-hybridized carbons (Fsp3) is 0.450. The molecule has 4 N–H and O–H groups in total. The average molecular weight is 416 g/mol. The molecule has 0 aliphatic heterocycles. The number of ether oxygens (including phenoxy) is 3. The van der Waals surface area contributed by atoms with Crippen LogP contribution in [0, 0.1) is 0 Å². The van der Waals surface area contributed by atoms with Crippen LogP contribution >= 0.6 is 0 Å². The molecule has 0 spiro atoms. The summed E-state index contributed by atoms with van der Waals surface area (Å²) in [6.45, 7) is 3.47. The maximum absolute atomic E-state index is 12.5. The highest BCUT2D eigenvalue weighted by Crippen LogP contribution is 2.18. The molecule has 0 fully saturated rings. The highest BCUT2D eigenvalue weighted by molar-refractivity contribution is 5.81. The van der Waals surface area contributed by atoms with Crippen molar-refractivity contribution in [2.75, 3.05) is 46.3 Å². The van der Waals surface area contributed by atoms with E-state index in [-0.39, 0.29) is 24.1 Å². The molecule has 30 heavy (non-hydrogen) atoms. The lowest BCUT2D eigenvalue weighted by molar-refractivity contribution is 0.141. The molecule has 0 radical (unpaired) electrons. The number of aromatic amines is 1. The van der Waals surface area contributed by atoms with Crippen LogP contribution in [0.4, 0.5) is 5.82 Å². The van der Waals surface area contributed by atoms with Crippen molar-refractivity contribution in [3.05, 3.63) is 45.9 Å². The van der Waals surface area contributed by atoms with Gasteiger partial charge in [-0.15, -0.1) is 0 Å². The molecule has 0 aliphatic rings. The molecule has 0 amide bonds. The van der Waals surface area contributed by atoms with Gasteiger partial charge in [0.15, 0.2) is 11.5 Å². The molecule has 0 aliphatic carbocycles. The summed E-state index contributed by atoms with van der Waals surface area (Å²) in [7, 11) is 3.28. The molecule has 1 aromatic carbocycles. The molecule has 0 saturated heterocycles. The largest absolute Gasteiger partial charge is 0.461 e. The van der Waals surface area contributed by atoms with E-state index in [1.807, 2.05) is 24.3 Å². The van der Waals surface area contributed by atoms with E-state index in [9.17, 15) is 4.79 Å². The van der Waals surface area contributed by atoms with Crippen LogP contribution in [-0.4, -0.2) is 60.1 Å². The Balaban J connectivity index is 1.71. The smallest absolute Gasteiger partial charge is 0.328 e. The van der Waals surface area contributed by atoms with Gasteiger partial charge in [0.25, 0.3) is 0 Å². The van der Waals surface area contributed by atoms with Gasteiger partial charge in [-0.05, 0) is 24.1 Å². The molecule has 3 rings (SSSR count). The second-order valence-corrected chi connectivity index (χ2v) is 6.79. The van der Waals surface area contributed by atoms with E-state index in [4.69, 9.17) is 19.9 Å². The number of nitrogens with two attached hydrogens (primary N) is 1. The van der Waals surface area contributed by atoms with Crippen molar-refractivity contribution in [3.8, 4) is 6.01 Å². The first-order valence-electron chi connectivity index (χ1n) is 9.77. The molecule has 2 heterocycles. The number of rotatable bonds is 12. The predicted molar refractivity (Wildman–Crippen MR) is 114 cm³/mol. The lowest BCUT2D eigenvalue weighted by Gasteiger charge is -2.08. The number of nitrogens with one attached hydrogen (secondary N) is 2. The van der Waals surface area contributed by atoms with Gasteiger partial charge in [0.05, 0.1) is 13.2 Å². The molecule has 0 bridgehead atoms. The minimum Gasteiger partial charge on any atom is -0.461 e. The van der Waals surface area contributed by atoms with Crippen LogP contribution in [-0.2, 0) is 22.6 Å². The van der Waals surface area contributed by atoms with E-state index in [0.717, 1.165) is 31.7 Å². The van der Waals surface area contributed by atoms with E-state index < -0.39 is 0 Å². The molecule has 0 atom stereocenters. The molecular formula is C20H28N6O4. The minimum atomic E-state index is -0.302. The summed E-state index contributed by atoms with van der Waals surface area (Å²) in [5, 5.41) is 3.37. The molecule has 2 aromatic heterocycles. The molecule has 3 aromatic rings. The average Bonchev–Trinajstić information content (AvgIpc) is 3.05. The molecule has 0 saturated carbocycles. The first-order valence-corrected chi connectivity index (χ1v) is 9.77. The number of hydrogen-bond acceptors (Lipinski definition) is 8. The molecular weight excluding hydrogens is 388 g/mol. The fourth-order valence-corrected chi connectivity index (χ4v) is 2.98. The Labute approximate surface area is 174 Å². The fourth-order valence-electron chi connectivity index (χ4n) is 2.98. The van der Waals surface area contributed by atoms with Crippen LogP contribution in [0.5, 0.6) is 6.01 Å². The number of fused-ring (bicyclic) bond motifs is 1. The molecule has 10 heteroatoms. The van der Waals surface area contributed by atoms with Gasteiger partial charge in [-0.3, -0.25) is 4.57 Å². The van der Waals surface area contributed by atoms with Crippen LogP contribution in [0.3, 0.4) is 0 Å². The summed E-state index contributed by atoms with van der Waals surface area (Å²) < 4.78 is 17.0. The van der Waals surface area contributed by atoms with Gasteiger partial charge >= 0.3 is 11.7 Å². The third-order valence-electron chi connectivity index (χ3n) is 4.54. The SMILES string of the molecule is COCCCNCc1ccc(Cn2c(=O)[nH]c3c(N)nc(OCCOC)nc32)cc1. The number of anilines is 1. The summed E-state index contributed by atoms with van der Waals surface area (Å²) in [6, 6.07) is 8.19. The van der Waals surface area contributed by atoms with E-state index in [2.05, 4.69) is 20.3 Å². The zero-order valence-electron chi connectivity index (χ0n) is 17.3. The van der Waals surface area contributed by atoms with E-state index >= 15 is 0 Å². The number of aromatic nitrogens is 4. The van der Waals surface area contributed by atoms with Crippen LogP contribution in [0.2, 0.25) is 0 Å². The standard InChI is InChI=1S/C20H28N6O4/c1-28-9-3-8-22-12-14-4-6-15(7-5-14)13-26-18-16(23-20(26)27)17(21)24-19(25-18)30-11-10-29-2/h4-7,22H,3,8-13H2,1-2H3,(H,23,27)(H2,21,24,25). The van der Waals surface area contributed by atoms with Gasteiger partial charge in [-0.1, -0.05) is 24.3 Å². The highest BCUT2D eigenvalue weighted by atomic mass is 16.5. The van der Waals surface area contributed by atoms with Gasteiger partial charge in [0.2, 0.25) is 0 Å². The van der Waals surface area contributed by atoms with Gasteiger partial charge in [-0.25, -0.2) is 4.79 Å². The third-order valence-corrected chi connectivity index (χ3v) is 4.54. The highest BCUT2D eigenvalue weighted by Gasteiger charge is 2.15. The Kier molecular flexibility index (Phi) is 7.77. The van der Waals surface area contributed by atoms with Crippen molar-refractivity contribution < 1.29 is 14.2 Å². The van der Waals surface area contributed by atoms with E-state index in [0.29, 0.717) is 24.3 Å². The first kappa shape index (κ1) is 21.8. The normalized spacial score (nSPS) is 11.3. The number of benzene rings is 1. The van der Waals surface area contributed by atoms with Crippen molar-refractivity contribution in [3.63, 3.8) is 0 Å². The van der Waals surface area contributed by atoms with Gasteiger partial charge in [0.1, 0.15) is 12.1 Å². The number of hydrogen-bond donors (Lipinski definition) is 3. The summed E-state index contributed by atoms with van der Waals surface area (Å²) in [6.07, 6.45) is 0.972. The quantitative estimate of drug-likeness (QED) is 0.372. The number of nitrogen functional groups attached to an aromatic ring is 1. The summed E-state index contributed by atoms with van der Waals surface area (Å²) in [5.74, 6) is 0.165. The van der Waals surface area contributed by atoms with Crippen molar-refractivity contribution in [1.29, 1.82) is 0 Å². The number of H-pyrrole nitrogens is 1. The zero-order valence-corrected chi connectivity index (χ0v) is 17.3. The second kappa shape index (κ2) is 10.7. The monoisotopic (exact) mass is 416 g/mol. The van der Waals surface area contributed by atoms with E-state index in [1.165, 1.54) is 10.1 Å². The van der Waals surface area contributed by atoms with Gasteiger partial charge < -0.3 is 30.2 Å². The lowest BCUT2D eigenvalue weighted by atomic mass is 10.1. The summed E-state index contributed by atoms with van der Waals surface area (Å²) in [4.78, 5) is 23.6. The van der Waals surface area contributed by atoms with Crippen LogP contribution in [0.1, 0.15) is 17.5 Å². The topological polar surface area (TPSA) is 129 Å². The first-order chi connectivity index (χ1) is 14.6. The number of imidazole rings is 1. The second-order valence-electron chi connectivity index (χ2n) is 6.79. The summed E-state index contributed by atoms with van der Waals surface area (Å²) in [5.41, 5.74) is 8.62. The third kappa shape index (κ3) is 5.56. The molecule has 0 unspecified atom stereocenters. The summed E-state index contributed by atoms with van der Waals surface area (Å²) >= 11 is 0. The van der Waals surface area contributed by atoms with Crippen LogP contribution in [0.25, 0.3) is 11.2 Å². The molecule has 162 valence electrons. The van der Waals surface area contributed by atoms with Gasteiger partial charge in [-0.2, -0.15) is 9.97 Å². The Morgan fingerprint density at radius 1 is 1.07 bits per heavy atom. The number of nitrogens with zero attached hydrogens (tertiary/aromatic N) is 3. The Hall–Kier alpha value is -2.95. The van der Waals surface area contributed by atoms with Crippen LogP contribution in [0.15, 0.2) is 29.1 Å². The molecule has 10 nitrogen and oxygen atoms in total. The van der Waals surface area contributed by atoms with Crippen molar-refractivity contribution in [2.45, 2.75) is 19.5 Å². The lowest BCUT2D eigenvalue weighted by Crippen LogP contribution is -2.18. The van der Waals surface area contributed by atoms with Crippen molar-refractivity contribution >= 4 is 17.0 Å². The maximum atomic E-state index is 12.5. The van der Waals surface area contributed by atoms with E-state index in [1.54, 1.807) is 14.2 Å².